The highest BCUT2D eigenvalue weighted by Gasteiger charge is 2.18. The maximum Gasteiger partial charge on any atom is 0.0524 e. The Morgan fingerprint density at radius 2 is 2.55 bits per heavy atom. The van der Waals surface area contributed by atoms with E-state index in [9.17, 15) is 0 Å². The van der Waals surface area contributed by atoms with E-state index in [0.717, 1.165) is 6.42 Å². The molecule has 0 spiro atoms. The average molecular weight is 215 g/mol. The summed E-state index contributed by atoms with van der Waals surface area (Å²) in [6.45, 7) is 0. The second-order valence-corrected chi connectivity index (χ2v) is 4.38. The molecule has 1 aromatic rings. The maximum atomic E-state index is 4.23. The number of fused-ring (bicyclic) bond motifs is 1. The molecule has 1 aliphatic carbocycles. The second-order valence-electron chi connectivity index (χ2n) is 3.08. The van der Waals surface area contributed by atoms with Crippen LogP contribution in [0.25, 0.3) is 0 Å². The molecule has 0 saturated heterocycles. The Morgan fingerprint density at radius 3 is 3.36 bits per heavy atom. The lowest BCUT2D eigenvalue weighted by atomic mass is 9.98. The van der Waals surface area contributed by atoms with Gasteiger partial charge in [-0.05, 0) is 24.8 Å². The van der Waals surface area contributed by atoms with Crippen molar-refractivity contribution >= 4 is 15.9 Å². The molecule has 0 unspecified atom stereocenters. The molecule has 0 saturated carbocycles. The van der Waals surface area contributed by atoms with Crippen molar-refractivity contribution in [2.75, 3.05) is 0 Å². The van der Waals surface area contributed by atoms with Crippen LogP contribution in [-0.4, -0.2) is 14.6 Å². The second kappa shape index (κ2) is 2.63. The van der Waals surface area contributed by atoms with E-state index in [-0.39, 0.29) is 0 Å². The molecule has 60 valence electrons. The number of alkyl halides is 1. The number of hydrogen-bond acceptors (Lipinski definition) is 1. The van der Waals surface area contributed by atoms with Crippen LogP contribution in [0.1, 0.15) is 17.7 Å². The van der Waals surface area contributed by atoms with Crippen LogP contribution in [0.15, 0.2) is 6.20 Å². The molecule has 0 aromatic carbocycles. The topological polar surface area (TPSA) is 17.8 Å². The van der Waals surface area contributed by atoms with Gasteiger partial charge >= 0.3 is 0 Å². The van der Waals surface area contributed by atoms with E-state index in [1.165, 1.54) is 24.1 Å². The minimum Gasteiger partial charge on any atom is -0.272 e. The Kier molecular flexibility index (Phi) is 1.75. The summed E-state index contributed by atoms with van der Waals surface area (Å²) in [6, 6.07) is 0. The zero-order valence-corrected chi connectivity index (χ0v) is 8.13. The van der Waals surface area contributed by atoms with Crippen molar-refractivity contribution in [3.8, 4) is 0 Å². The maximum absolute atomic E-state index is 4.23. The third-order valence-electron chi connectivity index (χ3n) is 2.28. The number of hydrogen-bond donors (Lipinski definition) is 0. The highest BCUT2D eigenvalue weighted by atomic mass is 79.9. The van der Waals surface area contributed by atoms with Crippen LogP contribution >= 0.6 is 15.9 Å². The summed E-state index contributed by atoms with van der Waals surface area (Å²) in [5.74, 6) is 0. The van der Waals surface area contributed by atoms with Gasteiger partial charge in [-0.3, -0.25) is 4.68 Å². The van der Waals surface area contributed by atoms with Crippen molar-refractivity contribution in [3.63, 3.8) is 0 Å². The molecular weight excluding hydrogens is 204 g/mol. The van der Waals surface area contributed by atoms with Crippen molar-refractivity contribution in [1.82, 2.24) is 9.78 Å². The molecule has 2 nitrogen and oxygen atoms in total. The highest BCUT2D eigenvalue weighted by molar-refractivity contribution is 9.09. The number of halogens is 1. The summed E-state index contributed by atoms with van der Waals surface area (Å²) in [5.41, 5.74) is 2.83. The Bertz CT molecular complexity index is 267. The van der Waals surface area contributed by atoms with Crippen molar-refractivity contribution in [2.45, 2.75) is 24.1 Å². The molecule has 0 radical (unpaired) electrons. The normalized spacial score (nSPS) is 23.3. The molecule has 0 amide bonds. The summed E-state index contributed by atoms with van der Waals surface area (Å²) in [4.78, 5) is 0.666. The number of aryl methyl sites for hydroxylation is 1. The van der Waals surface area contributed by atoms with E-state index in [1.807, 2.05) is 17.9 Å². The summed E-state index contributed by atoms with van der Waals surface area (Å²) in [5, 5.41) is 4.23. The molecule has 1 heterocycles. The van der Waals surface area contributed by atoms with E-state index in [2.05, 4.69) is 21.0 Å². The summed E-state index contributed by atoms with van der Waals surface area (Å²) in [7, 11) is 2.02. The lowest BCUT2D eigenvalue weighted by Crippen LogP contribution is -2.14. The van der Waals surface area contributed by atoms with Gasteiger partial charge in [0.25, 0.3) is 0 Å². The van der Waals surface area contributed by atoms with Crippen LogP contribution in [0.4, 0.5) is 0 Å². The molecular formula is C8H11BrN2. The predicted octanol–water partition coefficient (Wildman–Crippen LogP) is 1.67. The van der Waals surface area contributed by atoms with Crippen molar-refractivity contribution in [1.29, 1.82) is 0 Å². The van der Waals surface area contributed by atoms with Gasteiger partial charge < -0.3 is 0 Å². The number of aromatic nitrogens is 2. The van der Waals surface area contributed by atoms with Crippen molar-refractivity contribution in [3.05, 3.63) is 17.5 Å². The molecule has 3 heteroatoms. The monoisotopic (exact) mass is 214 g/mol. The van der Waals surface area contributed by atoms with E-state index in [4.69, 9.17) is 0 Å². The lowest BCUT2D eigenvalue weighted by molar-refractivity contribution is 0.640. The standard InChI is InChI=1S/C8H11BrN2/c1-11-8-3-2-7(9)4-6(8)5-10-11/h5,7H,2-4H2,1H3/t7-/m1/s1. The van der Waals surface area contributed by atoms with Gasteiger partial charge in [0.1, 0.15) is 0 Å². The zero-order valence-electron chi connectivity index (χ0n) is 6.55. The van der Waals surface area contributed by atoms with E-state index >= 15 is 0 Å². The molecule has 0 fully saturated rings. The molecule has 1 atom stereocenters. The third kappa shape index (κ3) is 1.22. The molecule has 11 heavy (non-hydrogen) atoms. The third-order valence-corrected chi connectivity index (χ3v) is 3.07. The first-order valence-electron chi connectivity index (χ1n) is 3.91. The van der Waals surface area contributed by atoms with E-state index < -0.39 is 0 Å². The summed E-state index contributed by atoms with van der Waals surface area (Å²) in [6.07, 6.45) is 5.54. The predicted molar refractivity (Wildman–Crippen MR) is 47.9 cm³/mol. The largest absolute Gasteiger partial charge is 0.272 e. The summed E-state index contributed by atoms with van der Waals surface area (Å²) < 4.78 is 1.99. The van der Waals surface area contributed by atoms with Crippen LogP contribution in [0, 0.1) is 0 Å². The molecule has 0 bridgehead atoms. The van der Waals surface area contributed by atoms with Crippen LogP contribution < -0.4 is 0 Å². The first-order valence-corrected chi connectivity index (χ1v) is 4.83. The molecule has 0 aliphatic heterocycles. The van der Waals surface area contributed by atoms with Gasteiger partial charge in [-0.1, -0.05) is 15.9 Å². The fraction of sp³-hybridized carbons (Fsp3) is 0.625. The molecule has 0 N–H and O–H groups in total. The minimum atomic E-state index is 0.666. The van der Waals surface area contributed by atoms with Gasteiger partial charge in [-0.25, -0.2) is 0 Å². The Morgan fingerprint density at radius 1 is 1.73 bits per heavy atom. The molecule has 1 aromatic heterocycles. The van der Waals surface area contributed by atoms with Crippen LogP contribution in [0.2, 0.25) is 0 Å². The first-order chi connectivity index (χ1) is 5.27. The fourth-order valence-electron chi connectivity index (χ4n) is 1.64. The number of nitrogens with zero attached hydrogens (tertiary/aromatic N) is 2. The van der Waals surface area contributed by atoms with Gasteiger partial charge in [0.2, 0.25) is 0 Å². The fourth-order valence-corrected chi connectivity index (χ4v) is 2.21. The quantitative estimate of drug-likeness (QED) is 0.602. The SMILES string of the molecule is Cn1ncc2c1CC[C@@H](Br)C2. The zero-order chi connectivity index (χ0) is 7.84. The highest BCUT2D eigenvalue weighted by Crippen LogP contribution is 2.24. The lowest BCUT2D eigenvalue weighted by Gasteiger charge is -2.16. The molecule has 1 aliphatic rings. The van der Waals surface area contributed by atoms with Crippen molar-refractivity contribution < 1.29 is 0 Å². The first kappa shape index (κ1) is 7.35. The number of rotatable bonds is 0. The van der Waals surface area contributed by atoms with Crippen LogP contribution in [0.3, 0.4) is 0 Å². The van der Waals surface area contributed by atoms with Gasteiger partial charge in [0.05, 0.1) is 6.20 Å². The van der Waals surface area contributed by atoms with Crippen LogP contribution in [-0.2, 0) is 19.9 Å². The van der Waals surface area contributed by atoms with Gasteiger partial charge in [-0.15, -0.1) is 0 Å². The smallest absolute Gasteiger partial charge is 0.0524 e. The van der Waals surface area contributed by atoms with Crippen LogP contribution in [0.5, 0.6) is 0 Å². The average Bonchev–Trinajstić information content (AvgIpc) is 2.32. The van der Waals surface area contributed by atoms with Gasteiger partial charge in [-0.2, -0.15) is 5.10 Å². The van der Waals surface area contributed by atoms with E-state index in [0.29, 0.717) is 4.83 Å². The Hall–Kier alpha value is -0.310. The molecule has 2 rings (SSSR count). The Labute approximate surface area is 74.7 Å². The Balaban J connectivity index is 2.36. The van der Waals surface area contributed by atoms with Gasteiger partial charge in [0.15, 0.2) is 0 Å². The van der Waals surface area contributed by atoms with Gasteiger partial charge in [0, 0.05) is 17.6 Å². The summed E-state index contributed by atoms with van der Waals surface area (Å²) >= 11 is 3.63. The minimum absolute atomic E-state index is 0.666. The van der Waals surface area contributed by atoms with E-state index in [1.54, 1.807) is 0 Å². The van der Waals surface area contributed by atoms with Crippen molar-refractivity contribution in [2.24, 2.45) is 7.05 Å².